The van der Waals surface area contributed by atoms with Crippen LogP contribution in [0.2, 0.25) is 0 Å². The maximum Gasteiger partial charge on any atom is 0.0589 e. The fourth-order valence-electron chi connectivity index (χ4n) is 2.25. The lowest BCUT2D eigenvalue weighted by Gasteiger charge is -2.35. The largest absolute Gasteiger partial charge is 0.383 e. The highest BCUT2D eigenvalue weighted by atomic mass is 16.5. The van der Waals surface area contributed by atoms with Gasteiger partial charge in [-0.05, 0) is 25.3 Å². The summed E-state index contributed by atoms with van der Waals surface area (Å²) in [7, 11) is 1.78. The van der Waals surface area contributed by atoms with E-state index in [1.807, 2.05) is 0 Å². The molecule has 1 fully saturated rings. The lowest BCUT2D eigenvalue weighted by atomic mass is 10.0. The molecular weight excluding hydrogens is 188 g/mol. The van der Waals surface area contributed by atoms with Crippen molar-refractivity contribution in [1.82, 2.24) is 10.2 Å². The van der Waals surface area contributed by atoms with E-state index in [4.69, 9.17) is 4.74 Å². The van der Waals surface area contributed by atoms with E-state index in [9.17, 15) is 0 Å². The smallest absolute Gasteiger partial charge is 0.0589 e. The van der Waals surface area contributed by atoms with E-state index in [0.717, 1.165) is 31.7 Å². The Balaban J connectivity index is 2.37. The first-order chi connectivity index (χ1) is 7.24. The average Bonchev–Trinajstić information content (AvgIpc) is 2.25. The van der Waals surface area contributed by atoms with Gasteiger partial charge in [0, 0.05) is 32.8 Å². The van der Waals surface area contributed by atoms with Gasteiger partial charge in [0.1, 0.15) is 0 Å². The molecule has 1 saturated heterocycles. The third-order valence-corrected chi connectivity index (χ3v) is 2.97. The van der Waals surface area contributed by atoms with Crippen molar-refractivity contribution in [3.8, 4) is 0 Å². The molecule has 1 atom stereocenters. The van der Waals surface area contributed by atoms with Gasteiger partial charge in [0.2, 0.25) is 0 Å². The first-order valence-corrected chi connectivity index (χ1v) is 6.17. The van der Waals surface area contributed by atoms with Gasteiger partial charge in [-0.3, -0.25) is 4.90 Å². The Kier molecular flexibility index (Phi) is 6.22. The summed E-state index contributed by atoms with van der Waals surface area (Å²) in [5, 5.41) is 3.48. The van der Waals surface area contributed by atoms with Crippen molar-refractivity contribution in [2.24, 2.45) is 5.92 Å². The van der Waals surface area contributed by atoms with Crippen LogP contribution in [-0.2, 0) is 4.74 Å². The highest BCUT2D eigenvalue weighted by Crippen LogP contribution is 2.12. The van der Waals surface area contributed by atoms with E-state index >= 15 is 0 Å². The zero-order valence-corrected chi connectivity index (χ0v) is 10.5. The molecule has 0 amide bonds. The van der Waals surface area contributed by atoms with Gasteiger partial charge in [-0.25, -0.2) is 0 Å². The molecule has 0 radical (unpaired) electrons. The topological polar surface area (TPSA) is 24.5 Å². The molecule has 1 N–H and O–H groups in total. The minimum atomic E-state index is 0.719. The van der Waals surface area contributed by atoms with Gasteiger partial charge in [-0.1, -0.05) is 13.8 Å². The van der Waals surface area contributed by atoms with Crippen LogP contribution in [0.4, 0.5) is 0 Å². The number of hydrogen-bond donors (Lipinski definition) is 1. The second-order valence-corrected chi connectivity index (χ2v) is 4.88. The molecule has 1 heterocycles. The highest BCUT2D eigenvalue weighted by molar-refractivity contribution is 4.78. The molecule has 3 heteroatoms. The zero-order chi connectivity index (χ0) is 11.1. The van der Waals surface area contributed by atoms with Crippen molar-refractivity contribution in [3.05, 3.63) is 0 Å². The second-order valence-electron chi connectivity index (χ2n) is 4.88. The maximum atomic E-state index is 5.18. The molecule has 15 heavy (non-hydrogen) atoms. The summed E-state index contributed by atoms with van der Waals surface area (Å²) in [6, 6.07) is 0.719. The molecule has 0 aromatic rings. The molecule has 3 nitrogen and oxygen atoms in total. The van der Waals surface area contributed by atoms with Crippen LogP contribution in [0, 0.1) is 5.92 Å². The summed E-state index contributed by atoms with van der Waals surface area (Å²) in [6.45, 7) is 10.0. The van der Waals surface area contributed by atoms with Crippen molar-refractivity contribution in [3.63, 3.8) is 0 Å². The fraction of sp³-hybridized carbons (Fsp3) is 1.00. The van der Waals surface area contributed by atoms with Crippen LogP contribution >= 0.6 is 0 Å². The number of piperidine rings is 1. The molecule has 1 unspecified atom stereocenters. The van der Waals surface area contributed by atoms with Gasteiger partial charge in [-0.2, -0.15) is 0 Å². The van der Waals surface area contributed by atoms with Gasteiger partial charge >= 0.3 is 0 Å². The molecule has 90 valence electrons. The molecular formula is C12H26N2O. The Morgan fingerprint density at radius 2 is 2.27 bits per heavy atom. The predicted octanol–water partition coefficient (Wildman–Crippen LogP) is 1.34. The standard InChI is InChI=1S/C12H26N2O/c1-11(2)10-14(7-8-15-3)12-5-4-6-13-9-12/h11-13H,4-10H2,1-3H3. The second kappa shape index (κ2) is 7.20. The van der Waals surface area contributed by atoms with Crippen LogP contribution in [0.15, 0.2) is 0 Å². The van der Waals surface area contributed by atoms with E-state index in [1.54, 1.807) is 7.11 Å². The SMILES string of the molecule is COCCN(CC(C)C)C1CCCNC1. The minimum absolute atomic E-state index is 0.719. The number of nitrogens with one attached hydrogen (secondary N) is 1. The summed E-state index contributed by atoms with van der Waals surface area (Å²) in [4.78, 5) is 2.58. The van der Waals surface area contributed by atoms with Crippen LogP contribution in [0.5, 0.6) is 0 Å². The molecule has 0 aromatic heterocycles. The lowest BCUT2D eigenvalue weighted by molar-refractivity contribution is 0.0979. The number of rotatable bonds is 6. The summed E-state index contributed by atoms with van der Waals surface area (Å²) < 4.78 is 5.18. The van der Waals surface area contributed by atoms with Crippen molar-refractivity contribution in [2.75, 3.05) is 39.9 Å². The highest BCUT2D eigenvalue weighted by Gasteiger charge is 2.20. The molecule has 0 aliphatic carbocycles. The first-order valence-electron chi connectivity index (χ1n) is 6.17. The van der Waals surface area contributed by atoms with E-state index in [2.05, 4.69) is 24.1 Å². The molecule has 1 aliphatic heterocycles. The number of hydrogen-bond acceptors (Lipinski definition) is 3. The monoisotopic (exact) mass is 214 g/mol. The Labute approximate surface area is 94.2 Å². The van der Waals surface area contributed by atoms with Crippen molar-refractivity contribution < 1.29 is 4.74 Å². The summed E-state index contributed by atoms with van der Waals surface area (Å²) in [5.74, 6) is 0.740. The quantitative estimate of drug-likeness (QED) is 0.722. The van der Waals surface area contributed by atoms with Crippen molar-refractivity contribution in [2.45, 2.75) is 32.7 Å². The summed E-state index contributed by atoms with van der Waals surface area (Å²) in [5.41, 5.74) is 0. The molecule has 0 aromatic carbocycles. The van der Waals surface area contributed by atoms with Gasteiger partial charge in [0.25, 0.3) is 0 Å². The molecule has 1 rings (SSSR count). The van der Waals surface area contributed by atoms with Crippen LogP contribution in [0.1, 0.15) is 26.7 Å². The van der Waals surface area contributed by atoms with Crippen LogP contribution in [0.3, 0.4) is 0 Å². The van der Waals surface area contributed by atoms with Crippen molar-refractivity contribution >= 4 is 0 Å². The fourth-order valence-corrected chi connectivity index (χ4v) is 2.25. The molecule has 0 saturated carbocycles. The van der Waals surface area contributed by atoms with Gasteiger partial charge in [-0.15, -0.1) is 0 Å². The van der Waals surface area contributed by atoms with Crippen LogP contribution in [-0.4, -0.2) is 50.8 Å². The number of ether oxygens (including phenoxy) is 1. The summed E-state index contributed by atoms with van der Waals surface area (Å²) in [6.07, 6.45) is 2.65. The maximum absolute atomic E-state index is 5.18. The first kappa shape index (κ1) is 12.9. The van der Waals surface area contributed by atoms with Gasteiger partial charge in [0.05, 0.1) is 6.61 Å². The van der Waals surface area contributed by atoms with E-state index in [0.29, 0.717) is 0 Å². The molecule has 0 spiro atoms. The van der Waals surface area contributed by atoms with E-state index in [-0.39, 0.29) is 0 Å². The van der Waals surface area contributed by atoms with E-state index in [1.165, 1.54) is 25.9 Å². The van der Waals surface area contributed by atoms with Gasteiger partial charge in [0.15, 0.2) is 0 Å². The molecule has 1 aliphatic rings. The third-order valence-electron chi connectivity index (χ3n) is 2.97. The Morgan fingerprint density at radius 3 is 2.80 bits per heavy atom. The summed E-state index contributed by atoms with van der Waals surface area (Å²) >= 11 is 0. The van der Waals surface area contributed by atoms with Crippen LogP contribution in [0.25, 0.3) is 0 Å². The minimum Gasteiger partial charge on any atom is -0.383 e. The Bertz CT molecular complexity index is 156. The number of nitrogens with zero attached hydrogens (tertiary/aromatic N) is 1. The predicted molar refractivity (Wildman–Crippen MR) is 64.2 cm³/mol. The average molecular weight is 214 g/mol. The normalized spacial score (nSPS) is 22.6. The Hall–Kier alpha value is -0.120. The number of methoxy groups -OCH3 is 1. The van der Waals surface area contributed by atoms with Crippen molar-refractivity contribution in [1.29, 1.82) is 0 Å². The van der Waals surface area contributed by atoms with E-state index < -0.39 is 0 Å². The Morgan fingerprint density at radius 1 is 1.47 bits per heavy atom. The lowest BCUT2D eigenvalue weighted by Crippen LogP contribution is -2.48. The third kappa shape index (κ3) is 4.96. The van der Waals surface area contributed by atoms with Crippen LogP contribution < -0.4 is 5.32 Å². The molecule has 0 bridgehead atoms. The van der Waals surface area contributed by atoms with Gasteiger partial charge < -0.3 is 10.1 Å². The zero-order valence-electron chi connectivity index (χ0n) is 10.5.